The molecule has 1 atom stereocenters. The highest BCUT2D eigenvalue weighted by molar-refractivity contribution is 5.82. The molecule has 0 spiro atoms. The number of carbonyl (C=O) groups is 2. The highest BCUT2D eigenvalue weighted by Crippen LogP contribution is 2.35. The van der Waals surface area contributed by atoms with Crippen LogP contribution in [0.4, 0.5) is 4.79 Å². The minimum Gasteiger partial charge on any atom is -0.480 e. The normalized spacial score (nSPS) is 18.5. The Kier molecular flexibility index (Phi) is 5.80. The number of carboxylic acids is 1. The maximum absolute atomic E-state index is 11.8. The summed E-state index contributed by atoms with van der Waals surface area (Å²) in [4.78, 5) is 25.1. The Balaban J connectivity index is 2.44. The average Bonchev–Trinajstić information content (AvgIpc) is 2.25. The standard InChI is InChI=1S/C14H27N3O3/c1-10(2)8-11(12(18)19)16-13(20)15-9-14(17(3)4)6-5-7-14/h10-11H,5-9H2,1-4H3,(H,18,19)(H2,15,16,20)/t11-/m0/s1. The van der Waals surface area contributed by atoms with Crippen LogP contribution in [-0.4, -0.2) is 54.2 Å². The van der Waals surface area contributed by atoms with Crippen molar-refractivity contribution in [1.29, 1.82) is 0 Å². The molecule has 0 aliphatic heterocycles. The number of aliphatic carboxylic acids is 1. The first kappa shape index (κ1) is 16.8. The number of hydrogen-bond donors (Lipinski definition) is 3. The molecule has 0 bridgehead atoms. The van der Waals surface area contributed by atoms with Crippen LogP contribution >= 0.6 is 0 Å². The van der Waals surface area contributed by atoms with Crippen molar-refractivity contribution < 1.29 is 14.7 Å². The first-order chi connectivity index (χ1) is 9.27. The molecule has 0 aromatic rings. The van der Waals surface area contributed by atoms with Crippen LogP contribution < -0.4 is 10.6 Å². The highest BCUT2D eigenvalue weighted by Gasteiger charge is 2.39. The molecule has 1 aliphatic carbocycles. The first-order valence-electron chi connectivity index (χ1n) is 7.21. The summed E-state index contributed by atoms with van der Waals surface area (Å²) in [5.41, 5.74) is 0.0358. The Morgan fingerprint density at radius 2 is 1.90 bits per heavy atom. The Morgan fingerprint density at radius 1 is 1.30 bits per heavy atom. The summed E-state index contributed by atoms with van der Waals surface area (Å²) in [6.45, 7) is 4.43. The molecule has 0 saturated heterocycles. The van der Waals surface area contributed by atoms with Crippen LogP contribution in [0.2, 0.25) is 0 Å². The number of amides is 2. The zero-order valence-electron chi connectivity index (χ0n) is 12.9. The third-order valence-corrected chi connectivity index (χ3v) is 4.12. The molecule has 0 aromatic carbocycles. The maximum atomic E-state index is 11.8. The molecule has 6 heteroatoms. The van der Waals surface area contributed by atoms with E-state index >= 15 is 0 Å². The van der Waals surface area contributed by atoms with Gasteiger partial charge in [-0.15, -0.1) is 0 Å². The molecule has 1 aliphatic rings. The molecular formula is C14H27N3O3. The van der Waals surface area contributed by atoms with Crippen LogP contribution in [0.15, 0.2) is 0 Å². The predicted octanol–water partition coefficient (Wildman–Crippen LogP) is 1.27. The minimum atomic E-state index is -0.986. The van der Waals surface area contributed by atoms with E-state index in [-0.39, 0.29) is 11.5 Å². The Morgan fingerprint density at radius 3 is 2.25 bits per heavy atom. The van der Waals surface area contributed by atoms with Gasteiger partial charge in [0.05, 0.1) is 0 Å². The van der Waals surface area contributed by atoms with Gasteiger partial charge in [-0.2, -0.15) is 0 Å². The van der Waals surface area contributed by atoms with Gasteiger partial charge in [0.25, 0.3) is 0 Å². The van der Waals surface area contributed by atoms with E-state index in [1.54, 1.807) is 0 Å². The molecule has 0 unspecified atom stereocenters. The van der Waals surface area contributed by atoms with Gasteiger partial charge in [-0.1, -0.05) is 13.8 Å². The molecule has 116 valence electrons. The molecule has 2 amide bonds. The van der Waals surface area contributed by atoms with Crippen LogP contribution in [0, 0.1) is 5.92 Å². The number of likely N-dealkylation sites (N-methyl/N-ethyl adjacent to an activating group) is 1. The van der Waals surface area contributed by atoms with E-state index in [0.29, 0.717) is 13.0 Å². The lowest BCUT2D eigenvalue weighted by atomic mass is 9.75. The zero-order valence-corrected chi connectivity index (χ0v) is 12.9. The summed E-state index contributed by atoms with van der Waals surface area (Å²) < 4.78 is 0. The van der Waals surface area contributed by atoms with Crippen molar-refractivity contribution in [2.24, 2.45) is 5.92 Å². The molecule has 3 N–H and O–H groups in total. The number of nitrogens with zero attached hydrogens (tertiary/aromatic N) is 1. The predicted molar refractivity (Wildman–Crippen MR) is 77.7 cm³/mol. The van der Waals surface area contributed by atoms with E-state index in [9.17, 15) is 9.59 Å². The topological polar surface area (TPSA) is 81.7 Å². The van der Waals surface area contributed by atoms with Crippen LogP contribution in [0.3, 0.4) is 0 Å². The van der Waals surface area contributed by atoms with E-state index in [1.165, 1.54) is 6.42 Å². The van der Waals surface area contributed by atoms with Crippen molar-refractivity contribution in [2.75, 3.05) is 20.6 Å². The third-order valence-electron chi connectivity index (χ3n) is 4.12. The van der Waals surface area contributed by atoms with Gasteiger partial charge in [0, 0.05) is 12.1 Å². The molecule has 6 nitrogen and oxygen atoms in total. The molecule has 0 aromatic heterocycles. The lowest BCUT2D eigenvalue weighted by Gasteiger charge is -2.47. The Labute approximate surface area is 120 Å². The second-order valence-corrected chi connectivity index (χ2v) is 6.32. The van der Waals surface area contributed by atoms with Gasteiger partial charge in [0.1, 0.15) is 6.04 Å². The summed E-state index contributed by atoms with van der Waals surface area (Å²) in [5, 5.41) is 14.4. The van der Waals surface area contributed by atoms with Gasteiger partial charge in [-0.25, -0.2) is 9.59 Å². The second-order valence-electron chi connectivity index (χ2n) is 6.32. The molecule has 0 radical (unpaired) electrons. The monoisotopic (exact) mass is 285 g/mol. The van der Waals surface area contributed by atoms with Crippen molar-refractivity contribution in [2.45, 2.75) is 51.1 Å². The van der Waals surface area contributed by atoms with Crippen LogP contribution in [0.1, 0.15) is 39.5 Å². The summed E-state index contributed by atoms with van der Waals surface area (Å²) >= 11 is 0. The number of rotatable bonds is 7. The lowest BCUT2D eigenvalue weighted by Crippen LogP contribution is -2.59. The third kappa shape index (κ3) is 4.37. The van der Waals surface area contributed by atoms with Gasteiger partial charge in [0.15, 0.2) is 0 Å². The smallest absolute Gasteiger partial charge is 0.326 e. The van der Waals surface area contributed by atoms with Crippen molar-refractivity contribution >= 4 is 12.0 Å². The molecule has 1 rings (SSSR count). The fourth-order valence-corrected chi connectivity index (χ4v) is 2.51. The Bertz CT molecular complexity index is 352. The summed E-state index contributed by atoms with van der Waals surface area (Å²) in [7, 11) is 4.02. The minimum absolute atomic E-state index is 0.0358. The van der Waals surface area contributed by atoms with Gasteiger partial charge in [-0.3, -0.25) is 0 Å². The molecule has 1 saturated carbocycles. The molecular weight excluding hydrogens is 258 g/mol. The summed E-state index contributed by atoms with van der Waals surface area (Å²) in [5.74, 6) is -0.768. The van der Waals surface area contributed by atoms with E-state index in [1.807, 2.05) is 27.9 Å². The van der Waals surface area contributed by atoms with E-state index in [4.69, 9.17) is 5.11 Å². The fourth-order valence-electron chi connectivity index (χ4n) is 2.51. The van der Waals surface area contributed by atoms with E-state index in [0.717, 1.165) is 12.8 Å². The molecule has 0 heterocycles. The molecule has 1 fully saturated rings. The molecule has 20 heavy (non-hydrogen) atoms. The highest BCUT2D eigenvalue weighted by atomic mass is 16.4. The van der Waals surface area contributed by atoms with Gasteiger partial charge < -0.3 is 20.6 Å². The van der Waals surface area contributed by atoms with Gasteiger partial charge >= 0.3 is 12.0 Å². The first-order valence-corrected chi connectivity index (χ1v) is 7.21. The SMILES string of the molecule is CC(C)C[C@H](NC(=O)NCC1(N(C)C)CCC1)C(=O)O. The maximum Gasteiger partial charge on any atom is 0.326 e. The summed E-state index contributed by atoms with van der Waals surface area (Å²) in [6, 6.07) is -1.22. The van der Waals surface area contributed by atoms with E-state index < -0.39 is 18.0 Å². The second kappa shape index (κ2) is 6.92. The fraction of sp³-hybridized carbons (Fsp3) is 0.857. The number of hydrogen-bond acceptors (Lipinski definition) is 3. The van der Waals surface area contributed by atoms with E-state index in [2.05, 4.69) is 15.5 Å². The zero-order chi connectivity index (χ0) is 15.3. The quantitative estimate of drug-likeness (QED) is 0.658. The average molecular weight is 285 g/mol. The van der Waals surface area contributed by atoms with Crippen molar-refractivity contribution in [3.05, 3.63) is 0 Å². The number of carbonyl (C=O) groups excluding carboxylic acids is 1. The van der Waals surface area contributed by atoms with Crippen LogP contribution in [0.25, 0.3) is 0 Å². The van der Waals surface area contributed by atoms with Crippen LogP contribution in [0.5, 0.6) is 0 Å². The number of nitrogens with one attached hydrogen (secondary N) is 2. The van der Waals surface area contributed by atoms with Crippen molar-refractivity contribution in [1.82, 2.24) is 15.5 Å². The Hall–Kier alpha value is -1.30. The summed E-state index contributed by atoms with van der Waals surface area (Å²) in [6.07, 6.45) is 3.73. The van der Waals surface area contributed by atoms with Crippen molar-refractivity contribution in [3.8, 4) is 0 Å². The number of urea groups is 1. The number of carboxylic acid groups (broad SMARTS) is 1. The largest absolute Gasteiger partial charge is 0.480 e. The van der Waals surface area contributed by atoms with Crippen LogP contribution in [-0.2, 0) is 4.79 Å². The van der Waals surface area contributed by atoms with Crippen molar-refractivity contribution in [3.63, 3.8) is 0 Å². The lowest BCUT2D eigenvalue weighted by molar-refractivity contribution is -0.139. The van der Waals surface area contributed by atoms with Gasteiger partial charge in [-0.05, 0) is 45.7 Å². The van der Waals surface area contributed by atoms with Gasteiger partial charge in [0.2, 0.25) is 0 Å².